The first-order chi connectivity index (χ1) is 15.4. The lowest BCUT2D eigenvalue weighted by Gasteiger charge is -2.42. The molecule has 2 aromatic rings. The zero-order chi connectivity index (χ0) is 22.9. The number of carbonyl (C=O) groups excluding carboxylic acids is 3. The highest BCUT2D eigenvalue weighted by Crippen LogP contribution is 2.48. The molecule has 5 rings (SSSR count). The van der Waals surface area contributed by atoms with Crippen LogP contribution in [0.25, 0.3) is 0 Å². The van der Waals surface area contributed by atoms with Gasteiger partial charge in [-0.25, -0.2) is 0 Å². The van der Waals surface area contributed by atoms with Gasteiger partial charge < -0.3 is 10.6 Å². The van der Waals surface area contributed by atoms with Crippen LogP contribution in [-0.2, 0) is 11.2 Å². The summed E-state index contributed by atoms with van der Waals surface area (Å²) in [6, 6.07) is 7.41. The van der Waals surface area contributed by atoms with E-state index in [0.717, 1.165) is 65.5 Å². The first kappa shape index (κ1) is 22.6. The Bertz CT molecular complexity index is 1120. The van der Waals surface area contributed by atoms with Crippen molar-refractivity contribution in [2.24, 2.45) is 0 Å². The fourth-order valence-corrected chi connectivity index (χ4v) is 7.08. The molecule has 0 radical (unpaired) electrons. The number of Topliss-reactive ketones (excluding diaryl/α,β-unsaturated/α-hetero) is 2. The number of fused-ring (bicyclic) bond motifs is 2. The Balaban J connectivity index is 0.000000174. The summed E-state index contributed by atoms with van der Waals surface area (Å²) >= 11 is 3.20. The van der Waals surface area contributed by atoms with Crippen LogP contribution in [0.1, 0.15) is 68.8 Å². The predicted molar refractivity (Wildman–Crippen MR) is 126 cm³/mol. The molecule has 1 saturated heterocycles. The van der Waals surface area contributed by atoms with Crippen LogP contribution in [0, 0.1) is 18.3 Å². The Morgan fingerprint density at radius 3 is 2.59 bits per heavy atom. The average molecular weight is 468 g/mol. The first-order valence-corrected chi connectivity index (χ1v) is 12.4. The number of thioether (sulfide) groups is 1. The topological polar surface area (TPSA) is 104 Å². The lowest BCUT2D eigenvalue weighted by atomic mass is 9.88. The quantitative estimate of drug-likeness (QED) is 0.624. The van der Waals surface area contributed by atoms with Crippen molar-refractivity contribution in [2.75, 3.05) is 18.8 Å². The minimum atomic E-state index is -0.0717. The minimum absolute atomic E-state index is 0.0717. The number of carbonyl (C=O) groups is 3. The molecule has 3 aliphatic rings. The van der Waals surface area contributed by atoms with Gasteiger partial charge in [0.1, 0.15) is 0 Å². The van der Waals surface area contributed by atoms with Crippen molar-refractivity contribution in [2.45, 2.75) is 55.1 Å². The molecule has 0 saturated carbocycles. The van der Waals surface area contributed by atoms with Crippen LogP contribution >= 0.6 is 23.1 Å². The number of rotatable bonds is 1. The number of nitrogens with zero attached hydrogens (tertiary/aromatic N) is 2. The largest absolute Gasteiger partial charge is 0.390 e. The molecular formula is C24H25N3O3S2. The molecule has 1 aromatic heterocycles. The highest BCUT2D eigenvalue weighted by Gasteiger charge is 2.41. The Labute approximate surface area is 195 Å². The van der Waals surface area contributed by atoms with Gasteiger partial charge in [-0.3, -0.25) is 14.4 Å². The fraction of sp³-hybridized carbons (Fsp3) is 0.417. The van der Waals surface area contributed by atoms with Crippen molar-refractivity contribution in [3.05, 3.63) is 45.3 Å². The zero-order valence-electron chi connectivity index (χ0n) is 18.0. The molecule has 3 heterocycles. The Kier molecular flexibility index (Phi) is 6.40. The molecule has 0 atom stereocenters. The highest BCUT2D eigenvalue weighted by molar-refractivity contribution is 8.01. The van der Waals surface area contributed by atoms with E-state index >= 15 is 0 Å². The molecular weight excluding hydrogens is 442 g/mol. The summed E-state index contributed by atoms with van der Waals surface area (Å²) in [5.41, 5.74) is 9.29. The molecule has 6 nitrogen and oxygen atoms in total. The van der Waals surface area contributed by atoms with E-state index in [4.69, 9.17) is 11.0 Å². The number of ketones is 2. The fourth-order valence-electron chi connectivity index (χ4n) is 4.51. The summed E-state index contributed by atoms with van der Waals surface area (Å²) in [6.07, 6.45) is 5.81. The molecule has 1 fully saturated rings. The van der Waals surface area contributed by atoms with Crippen molar-refractivity contribution < 1.29 is 14.4 Å². The van der Waals surface area contributed by atoms with E-state index in [1.165, 1.54) is 16.9 Å². The zero-order valence-corrected chi connectivity index (χ0v) is 19.6. The van der Waals surface area contributed by atoms with Crippen molar-refractivity contribution in [1.82, 2.24) is 4.90 Å². The van der Waals surface area contributed by atoms with Crippen molar-refractivity contribution in [1.29, 1.82) is 5.26 Å². The van der Waals surface area contributed by atoms with Crippen molar-refractivity contribution in [3.8, 4) is 6.07 Å². The third kappa shape index (κ3) is 4.32. The van der Waals surface area contributed by atoms with Crippen LogP contribution in [0.15, 0.2) is 23.1 Å². The monoisotopic (exact) mass is 467 g/mol. The molecule has 32 heavy (non-hydrogen) atoms. The van der Waals surface area contributed by atoms with Crippen LogP contribution in [0.5, 0.6) is 0 Å². The normalized spacial score (nSPS) is 18.8. The number of likely N-dealkylation sites (tertiary alicyclic amines) is 1. The number of piperidine rings is 1. The number of nitrogen functional groups attached to an aromatic ring is 1. The molecule has 1 aliphatic carbocycles. The van der Waals surface area contributed by atoms with E-state index < -0.39 is 0 Å². The molecule has 2 aliphatic heterocycles. The van der Waals surface area contributed by atoms with Gasteiger partial charge in [0, 0.05) is 41.1 Å². The van der Waals surface area contributed by atoms with Gasteiger partial charge in [-0.2, -0.15) is 5.26 Å². The number of hydrogen-bond donors (Lipinski definition) is 1. The van der Waals surface area contributed by atoms with Gasteiger partial charge in [0.05, 0.1) is 21.5 Å². The number of benzene rings is 1. The number of hydrogen-bond acceptors (Lipinski definition) is 7. The molecule has 1 aromatic carbocycles. The standard InChI is InChI=1S/C15H14N2O2S.C9H11NOS/c16-9-11-1-2-14-12(7-11)13(19)8-15(20-14)3-5-17(10-18)6-4-15;1-5-6-3-2-4-7(11)8(6)12-9(5)10/h1-2,7,10H,3-6,8H2;2-4,10H2,1H3. The van der Waals surface area contributed by atoms with Gasteiger partial charge in [-0.1, -0.05) is 0 Å². The smallest absolute Gasteiger partial charge is 0.209 e. The Hall–Kier alpha value is -2.63. The lowest BCUT2D eigenvalue weighted by molar-refractivity contribution is -0.119. The molecule has 8 heteroatoms. The van der Waals surface area contributed by atoms with Crippen LogP contribution in [-0.4, -0.2) is 40.7 Å². The Morgan fingerprint density at radius 2 is 1.94 bits per heavy atom. The third-order valence-corrected chi connectivity index (χ3v) is 9.23. The summed E-state index contributed by atoms with van der Waals surface area (Å²) < 4.78 is -0.0717. The van der Waals surface area contributed by atoms with E-state index in [9.17, 15) is 14.4 Å². The molecule has 166 valence electrons. The highest BCUT2D eigenvalue weighted by atomic mass is 32.2. The van der Waals surface area contributed by atoms with Gasteiger partial charge in [-0.15, -0.1) is 23.1 Å². The van der Waals surface area contributed by atoms with E-state index in [2.05, 4.69) is 6.07 Å². The lowest BCUT2D eigenvalue weighted by Crippen LogP contribution is -2.44. The maximum atomic E-state index is 12.4. The van der Waals surface area contributed by atoms with Crippen LogP contribution in [0.2, 0.25) is 0 Å². The van der Waals surface area contributed by atoms with Crippen LogP contribution in [0.4, 0.5) is 5.00 Å². The van der Waals surface area contributed by atoms with Gasteiger partial charge in [0.25, 0.3) is 0 Å². The summed E-state index contributed by atoms with van der Waals surface area (Å²) in [5, 5.41) is 9.73. The SMILES string of the molecule is Cc1c(N)sc2c1CCCC2=O.N#Cc1ccc2c(c1)C(=O)CC1(CCN(C=O)CC1)S2. The Morgan fingerprint density at radius 1 is 1.19 bits per heavy atom. The molecule has 2 N–H and O–H groups in total. The van der Waals surface area contributed by atoms with Crippen LogP contribution in [0.3, 0.4) is 0 Å². The second-order valence-corrected chi connectivity index (χ2v) is 11.1. The first-order valence-electron chi connectivity index (χ1n) is 10.7. The summed E-state index contributed by atoms with van der Waals surface area (Å²) in [4.78, 5) is 38.2. The van der Waals surface area contributed by atoms with Crippen molar-refractivity contribution in [3.63, 3.8) is 0 Å². The predicted octanol–water partition coefficient (Wildman–Crippen LogP) is 4.39. The summed E-state index contributed by atoms with van der Waals surface area (Å²) in [7, 11) is 0. The number of anilines is 1. The van der Waals surface area contributed by atoms with Gasteiger partial charge >= 0.3 is 0 Å². The summed E-state index contributed by atoms with van der Waals surface area (Å²) in [5.74, 6) is 0.399. The van der Waals surface area contributed by atoms with Gasteiger partial charge in [0.15, 0.2) is 11.6 Å². The van der Waals surface area contributed by atoms with E-state index in [1.54, 1.807) is 28.8 Å². The molecule has 1 spiro atoms. The van der Waals surface area contributed by atoms with E-state index in [0.29, 0.717) is 24.0 Å². The number of nitriles is 1. The van der Waals surface area contributed by atoms with Gasteiger partial charge in [0.2, 0.25) is 6.41 Å². The number of amides is 1. The second-order valence-electron chi connectivity index (χ2n) is 8.52. The molecule has 1 amide bonds. The maximum absolute atomic E-state index is 12.4. The molecule has 0 bridgehead atoms. The van der Waals surface area contributed by atoms with E-state index in [-0.39, 0.29) is 16.3 Å². The maximum Gasteiger partial charge on any atom is 0.209 e. The van der Waals surface area contributed by atoms with Crippen LogP contribution < -0.4 is 5.73 Å². The van der Waals surface area contributed by atoms with Crippen molar-refractivity contribution >= 4 is 46.1 Å². The third-order valence-electron chi connectivity index (χ3n) is 6.47. The van der Waals surface area contributed by atoms with Gasteiger partial charge in [-0.05, 0) is 61.9 Å². The molecule has 0 unspecified atom stereocenters. The second kappa shape index (κ2) is 9.08. The average Bonchev–Trinajstić information content (AvgIpc) is 3.10. The van der Waals surface area contributed by atoms with E-state index in [1.807, 2.05) is 13.0 Å². The number of nitrogens with two attached hydrogens (primary N) is 1. The minimum Gasteiger partial charge on any atom is -0.390 e. The number of thiophene rings is 1. The summed E-state index contributed by atoms with van der Waals surface area (Å²) in [6.45, 7) is 3.44.